The van der Waals surface area contributed by atoms with Gasteiger partial charge in [0.2, 0.25) is 0 Å². The molecule has 0 bridgehead atoms. The standard InChI is InChI=1S/C15H16N2O/c1-18-13-6-4-5-12(11-13)17-10-9-16-14-7-2-3-8-15(14)17/h2-8,11,16H,9-10H2,1H3. The summed E-state index contributed by atoms with van der Waals surface area (Å²) in [5, 5.41) is 3.42. The molecule has 0 aromatic heterocycles. The van der Waals surface area contributed by atoms with Crippen LogP contribution in [0.3, 0.4) is 0 Å². The van der Waals surface area contributed by atoms with Crippen LogP contribution in [0.1, 0.15) is 0 Å². The Bertz CT molecular complexity index is 554. The Morgan fingerprint density at radius 3 is 2.89 bits per heavy atom. The monoisotopic (exact) mass is 240 g/mol. The zero-order valence-electron chi connectivity index (χ0n) is 10.4. The molecule has 92 valence electrons. The molecule has 3 nitrogen and oxygen atoms in total. The van der Waals surface area contributed by atoms with Crippen LogP contribution in [0.4, 0.5) is 17.1 Å². The van der Waals surface area contributed by atoms with Crippen LogP contribution in [0.25, 0.3) is 0 Å². The number of nitrogens with one attached hydrogen (secondary N) is 1. The van der Waals surface area contributed by atoms with Gasteiger partial charge in [-0.05, 0) is 24.3 Å². The largest absolute Gasteiger partial charge is 0.497 e. The van der Waals surface area contributed by atoms with Crippen LogP contribution in [-0.2, 0) is 0 Å². The summed E-state index contributed by atoms with van der Waals surface area (Å²) in [6.07, 6.45) is 0. The molecule has 0 radical (unpaired) electrons. The van der Waals surface area contributed by atoms with Crippen LogP contribution in [-0.4, -0.2) is 20.2 Å². The Morgan fingerprint density at radius 1 is 1.11 bits per heavy atom. The summed E-state index contributed by atoms with van der Waals surface area (Å²) >= 11 is 0. The highest BCUT2D eigenvalue weighted by molar-refractivity contribution is 5.78. The summed E-state index contributed by atoms with van der Waals surface area (Å²) in [6, 6.07) is 16.6. The lowest BCUT2D eigenvalue weighted by atomic mass is 10.1. The van der Waals surface area contributed by atoms with E-state index in [-0.39, 0.29) is 0 Å². The number of nitrogens with zero attached hydrogens (tertiary/aromatic N) is 1. The SMILES string of the molecule is COc1cccc(N2CCNc3ccccc32)c1. The lowest BCUT2D eigenvalue weighted by Gasteiger charge is -2.32. The van der Waals surface area contributed by atoms with Crippen LogP contribution in [0.5, 0.6) is 5.75 Å². The number of rotatable bonds is 2. The molecule has 2 aromatic rings. The van der Waals surface area contributed by atoms with Gasteiger partial charge < -0.3 is 15.0 Å². The maximum atomic E-state index is 5.29. The van der Waals surface area contributed by atoms with Crippen molar-refractivity contribution in [3.63, 3.8) is 0 Å². The number of methoxy groups -OCH3 is 1. The molecular formula is C15H16N2O. The zero-order valence-corrected chi connectivity index (χ0v) is 10.4. The van der Waals surface area contributed by atoms with E-state index in [0.29, 0.717) is 0 Å². The fourth-order valence-corrected chi connectivity index (χ4v) is 2.33. The molecule has 0 spiro atoms. The molecule has 1 aliphatic rings. The number of hydrogen-bond acceptors (Lipinski definition) is 3. The van der Waals surface area contributed by atoms with E-state index in [1.54, 1.807) is 7.11 Å². The van der Waals surface area contributed by atoms with Crippen molar-refractivity contribution in [3.05, 3.63) is 48.5 Å². The van der Waals surface area contributed by atoms with Gasteiger partial charge in [-0.25, -0.2) is 0 Å². The minimum atomic E-state index is 0.892. The molecule has 2 aromatic carbocycles. The van der Waals surface area contributed by atoms with Gasteiger partial charge in [0.05, 0.1) is 18.5 Å². The van der Waals surface area contributed by atoms with Crippen LogP contribution in [0.15, 0.2) is 48.5 Å². The van der Waals surface area contributed by atoms with E-state index in [2.05, 4.69) is 46.6 Å². The quantitative estimate of drug-likeness (QED) is 0.872. The van der Waals surface area contributed by atoms with Gasteiger partial charge >= 0.3 is 0 Å². The summed E-state index contributed by atoms with van der Waals surface area (Å²) in [5.74, 6) is 0.892. The average molecular weight is 240 g/mol. The zero-order chi connectivity index (χ0) is 12.4. The first-order valence-electron chi connectivity index (χ1n) is 6.13. The number of ether oxygens (including phenoxy) is 1. The van der Waals surface area contributed by atoms with Gasteiger partial charge in [0, 0.05) is 24.8 Å². The molecule has 0 atom stereocenters. The first-order chi connectivity index (χ1) is 8.88. The number of hydrogen-bond donors (Lipinski definition) is 1. The van der Waals surface area contributed by atoms with E-state index in [1.807, 2.05) is 12.1 Å². The predicted octanol–water partition coefficient (Wildman–Crippen LogP) is 3.26. The van der Waals surface area contributed by atoms with Crippen molar-refractivity contribution < 1.29 is 4.74 Å². The van der Waals surface area contributed by atoms with E-state index in [4.69, 9.17) is 4.74 Å². The van der Waals surface area contributed by atoms with E-state index in [9.17, 15) is 0 Å². The first kappa shape index (κ1) is 11.0. The average Bonchev–Trinajstić information content (AvgIpc) is 2.47. The van der Waals surface area contributed by atoms with Crippen LogP contribution < -0.4 is 15.0 Å². The third-order valence-electron chi connectivity index (χ3n) is 3.21. The van der Waals surface area contributed by atoms with Crippen molar-refractivity contribution in [2.45, 2.75) is 0 Å². The van der Waals surface area contributed by atoms with Crippen molar-refractivity contribution >= 4 is 17.1 Å². The number of anilines is 3. The minimum Gasteiger partial charge on any atom is -0.497 e. The van der Waals surface area contributed by atoms with E-state index < -0.39 is 0 Å². The van der Waals surface area contributed by atoms with Crippen LogP contribution in [0.2, 0.25) is 0 Å². The molecule has 3 rings (SSSR count). The second-order valence-corrected chi connectivity index (χ2v) is 4.30. The summed E-state index contributed by atoms with van der Waals surface area (Å²) < 4.78 is 5.29. The summed E-state index contributed by atoms with van der Waals surface area (Å²) in [4.78, 5) is 2.31. The summed E-state index contributed by atoms with van der Waals surface area (Å²) in [7, 11) is 1.70. The molecule has 1 aliphatic heterocycles. The third-order valence-corrected chi connectivity index (χ3v) is 3.21. The van der Waals surface area contributed by atoms with Gasteiger partial charge in [0.25, 0.3) is 0 Å². The second kappa shape index (κ2) is 4.61. The number of para-hydroxylation sites is 2. The molecule has 0 amide bonds. The maximum absolute atomic E-state index is 5.29. The molecule has 0 saturated heterocycles. The Morgan fingerprint density at radius 2 is 2.00 bits per heavy atom. The maximum Gasteiger partial charge on any atom is 0.120 e. The van der Waals surface area contributed by atoms with Gasteiger partial charge in [0.1, 0.15) is 5.75 Å². The van der Waals surface area contributed by atoms with Gasteiger partial charge in [-0.1, -0.05) is 18.2 Å². The second-order valence-electron chi connectivity index (χ2n) is 4.30. The summed E-state index contributed by atoms with van der Waals surface area (Å²) in [6.45, 7) is 1.92. The van der Waals surface area contributed by atoms with Crippen LogP contribution in [0, 0.1) is 0 Å². The predicted molar refractivity (Wildman–Crippen MR) is 74.9 cm³/mol. The van der Waals surface area contributed by atoms with Gasteiger partial charge in [0.15, 0.2) is 0 Å². The Labute approximate surface area is 107 Å². The van der Waals surface area contributed by atoms with Crippen LogP contribution >= 0.6 is 0 Å². The molecule has 0 saturated carbocycles. The molecule has 3 heteroatoms. The lowest BCUT2D eigenvalue weighted by molar-refractivity contribution is 0.415. The van der Waals surface area contributed by atoms with E-state index in [0.717, 1.165) is 18.8 Å². The highest BCUT2D eigenvalue weighted by atomic mass is 16.5. The highest BCUT2D eigenvalue weighted by Gasteiger charge is 2.17. The van der Waals surface area contributed by atoms with Crippen molar-refractivity contribution in [1.82, 2.24) is 0 Å². The van der Waals surface area contributed by atoms with E-state index >= 15 is 0 Å². The molecule has 0 unspecified atom stereocenters. The highest BCUT2D eigenvalue weighted by Crippen LogP contribution is 2.35. The van der Waals surface area contributed by atoms with Gasteiger partial charge in [-0.15, -0.1) is 0 Å². The third kappa shape index (κ3) is 1.88. The van der Waals surface area contributed by atoms with Crippen molar-refractivity contribution in [1.29, 1.82) is 0 Å². The molecule has 18 heavy (non-hydrogen) atoms. The Hall–Kier alpha value is -2.16. The Balaban J connectivity index is 2.02. The number of benzene rings is 2. The summed E-state index contributed by atoms with van der Waals surface area (Å²) in [5.41, 5.74) is 3.58. The lowest BCUT2D eigenvalue weighted by Crippen LogP contribution is -2.29. The fraction of sp³-hybridized carbons (Fsp3) is 0.200. The minimum absolute atomic E-state index is 0.892. The molecular weight excluding hydrogens is 224 g/mol. The van der Waals surface area contributed by atoms with Crippen molar-refractivity contribution in [2.75, 3.05) is 30.4 Å². The van der Waals surface area contributed by atoms with Crippen molar-refractivity contribution in [3.8, 4) is 5.75 Å². The van der Waals surface area contributed by atoms with E-state index in [1.165, 1.54) is 17.1 Å². The van der Waals surface area contributed by atoms with Gasteiger partial charge in [-0.3, -0.25) is 0 Å². The molecule has 0 fully saturated rings. The molecule has 1 N–H and O–H groups in total. The smallest absolute Gasteiger partial charge is 0.120 e. The molecule has 1 heterocycles. The first-order valence-corrected chi connectivity index (χ1v) is 6.13. The van der Waals surface area contributed by atoms with Crippen molar-refractivity contribution in [2.24, 2.45) is 0 Å². The molecule has 0 aliphatic carbocycles. The number of fused-ring (bicyclic) bond motifs is 1. The fourth-order valence-electron chi connectivity index (χ4n) is 2.33. The van der Waals surface area contributed by atoms with Gasteiger partial charge in [-0.2, -0.15) is 0 Å². The normalized spacial score (nSPS) is 13.7. The Kier molecular flexibility index (Phi) is 2.81. The topological polar surface area (TPSA) is 24.5 Å².